The van der Waals surface area contributed by atoms with E-state index in [9.17, 15) is 35.9 Å². The van der Waals surface area contributed by atoms with E-state index in [0.29, 0.717) is 25.0 Å². The molecule has 1 aromatic heterocycles. The minimum absolute atomic E-state index is 0.0425. The van der Waals surface area contributed by atoms with Gasteiger partial charge in [-0.2, -0.15) is 26.3 Å². The third-order valence-electron chi connectivity index (χ3n) is 3.94. The molecule has 164 valence electrons. The molecule has 0 spiro atoms. The van der Waals surface area contributed by atoms with Crippen molar-refractivity contribution in [1.29, 1.82) is 0 Å². The topological polar surface area (TPSA) is 75.4 Å². The number of benzene rings is 1. The van der Waals surface area contributed by atoms with Gasteiger partial charge in [-0.15, -0.1) is 0 Å². The Morgan fingerprint density at radius 1 is 1.07 bits per heavy atom. The van der Waals surface area contributed by atoms with Crippen molar-refractivity contribution in [3.05, 3.63) is 47.2 Å². The molecule has 12 heteroatoms. The van der Waals surface area contributed by atoms with Crippen LogP contribution in [0.15, 0.2) is 35.1 Å². The van der Waals surface area contributed by atoms with Gasteiger partial charge in [-0.3, -0.25) is 9.59 Å². The van der Waals surface area contributed by atoms with Gasteiger partial charge < -0.3 is 14.7 Å². The minimum atomic E-state index is -5.09. The number of hydrogen-bond acceptors (Lipinski definition) is 4. The van der Waals surface area contributed by atoms with Crippen LogP contribution in [0.25, 0.3) is 0 Å². The van der Waals surface area contributed by atoms with Gasteiger partial charge >= 0.3 is 12.4 Å². The molecule has 0 unspecified atom stereocenters. The molecule has 0 bridgehead atoms. The SMILES string of the molecule is CCCCN(CC(=O)Nc1ccon1)C(=O)c1cc(C(F)(F)F)cc(C(F)(F)F)c1. The summed E-state index contributed by atoms with van der Waals surface area (Å²) in [6.07, 6.45) is -8.04. The Hall–Kier alpha value is -3.05. The minimum Gasteiger partial charge on any atom is -0.363 e. The average Bonchev–Trinajstić information content (AvgIpc) is 3.15. The lowest BCUT2D eigenvalue weighted by Gasteiger charge is -2.23. The van der Waals surface area contributed by atoms with Crippen molar-refractivity contribution in [3.8, 4) is 0 Å². The van der Waals surface area contributed by atoms with Crippen LogP contribution in [0, 0.1) is 0 Å². The van der Waals surface area contributed by atoms with Crippen molar-refractivity contribution in [2.75, 3.05) is 18.4 Å². The molecule has 0 saturated carbocycles. The normalized spacial score (nSPS) is 12.0. The third-order valence-corrected chi connectivity index (χ3v) is 3.94. The van der Waals surface area contributed by atoms with Crippen LogP contribution >= 0.6 is 0 Å². The molecule has 0 saturated heterocycles. The molecular weight excluding hydrogens is 420 g/mol. The van der Waals surface area contributed by atoms with E-state index < -0.39 is 47.4 Å². The molecule has 0 atom stereocenters. The van der Waals surface area contributed by atoms with Crippen LogP contribution in [-0.2, 0) is 17.1 Å². The van der Waals surface area contributed by atoms with Crippen LogP contribution in [0.5, 0.6) is 0 Å². The molecule has 1 heterocycles. The van der Waals surface area contributed by atoms with E-state index >= 15 is 0 Å². The third kappa shape index (κ3) is 6.22. The molecule has 0 aliphatic heterocycles. The number of aromatic nitrogens is 1. The van der Waals surface area contributed by atoms with E-state index in [-0.39, 0.29) is 18.4 Å². The van der Waals surface area contributed by atoms with Crippen molar-refractivity contribution in [1.82, 2.24) is 10.1 Å². The Kier molecular flexibility index (Phi) is 7.11. The zero-order valence-electron chi connectivity index (χ0n) is 15.6. The number of nitrogens with zero attached hydrogens (tertiary/aromatic N) is 2. The summed E-state index contributed by atoms with van der Waals surface area (Å²) in [5, 5.41) is 5.75. The summed E-state index contributed by atoms with van der Waals surface area (Å²) in [5.41, 5.74) is -4.03. The van der Waals surface area contributed by atoms with Gasteiger partial charge in [0.05, 0.1) is 11.1 Å². The van der Waals surface area contributed by atoms with E-state index in [2.05, 4.69) is 15.0 Å². The Morgan fingerprint density at radius 3 is 2.13 bits per heavy atom. The van der Waals surface area contributed by atoms with Crippen LogP contribution in [0.4, 0.5) is 32.2 Å². The molecule has 0 aliphatic rings. The lowest BCUT2D eigenvalue weighted by Crippen LogP contribution is -2.39. The zero-order valence-corrected chi connectivity index (χ0v) is 15.6. The van der Waals surface area contributed by atoms with Crippen LogP contribution in [0.1, 0.15) is 41.3 Å². The van der Waals surface area contributed by atoms with Gasteiger partial charge in [0.15, 0.2) is 5.82 Å². The summed E-state index contributed by atoms with van der Waals surface area (Å²) in [4.78, 5) is 25.7. The smallest absolute Gasteiger partial charge is 0.363 e. The summed E-state index contributed by atoms with van der Waals surface area (Å²) in [7, 11) is 0. The zero-order chi connectivity index (χ0) is 22.5. The fraction of sp³-hybridized carbons (Fsp3) is 0.389. The number of anilines is 1. The standard InChI is InChI=1S/C18H17F6N3O3/c1-2-3-5-27(10-15(28)25-14-4-6-30-26-14)16(29)11-7-12(17(19,20)21)9-13(8-11)18(22,23)24/h4,6-9H,2-3,5,10H2,1H3,(H,25,26,28). The quantitative estimate of drug-likeness (QED) is 0.643. The van der Waals surface area contributed by atoms with Crippen LogP contribution in [-0.4, -0.2) is 35.0 Å². The Labute approximate surface area is 166 Å². The summed E-state index contributed by atoms with van der Waals surface area (Å²) in [6, 6.07) is 1.93. The first-order chi connectivity index (χ1) is 13.9. The number of nitrogens with one attached hydrogen (secondary N) is 1. The molecule has 2 rings (SSSR count). The summed E-state index contributed by atoms with van der Waals surface area (Å²) in [6.45, 7) is 1.13. The highest BCUT2D eigenvalue weighted by Crippen LogP contribution is 2.36. The second-order valence-electron chi connectivity index (χ2n) is 6.31. The molecule has 0 fully saturated rings. The predicted octanol–water partition coefficient (Wildman–Crippen LogP) is 4.59. The average molecular weight is 437 g/mol. The number of amides is 2. The van der Waals surface area contributed by atoms with Crippen molar-refractivity contribution >= 4 is 17.6 Å². The molecule has 0 aliphatic carbocycles. The van der Waals surface area contributed by atoms with E-state index in [1.807, 2.05) is 0 Å². The number of halogens is 6. The molecule has 1 aromatic carbocycles. The lowest BCUT2D eigenvalue weighted by atomic mass is 10.0. The maximum atomic E-state index is 13.1. The van der Waals surface area contributed by atoms with Gasteiger partial charge in [-0.25, -0.2) is 0 Å². The maximum Gasteiger partial charge on any atom is 0.416 e. The van der Waals surface area contributed by atoms with Gasteiger partial charge in [0.1, 0.15) is 12.8 Å². The van der Waals surface area contributed by atoms with E-state index in [0.717, 1.165) is 4.90 Å². The van der Waals surface area contributed by atoms with Gasteiger partial charge in [0.25, 0.3) is 5.91 Å². The molecule has 30 heavy (non-hydrogen) atoms. The highest BCUT2D eigenvalue weighted by atomic mass is 19.4. The highest BCUT2D eigenvalue weighted by molar-refractivity contribution is 5.99. The number of carbonyl (C=O) groups is 2. The van der Waals surface area contributed by atoms with E-state index in [4.69, 9.17) is 0 Å². The lowest BCUT2D eigenvalue weighted by molar-refractivity contribution is -0.143. The first kappa shape index (κ1) is 23.2. The van der Waals surface area contributed by atoms with Crippen LogP contribution < -0.4 is 5.32 Å². The number of unbranched alkanes of at least 4 members (excludes halogenated alkanes) is 1. The van der Waals surface area contributed by atoms with Gasteiger partial charge in [-0.1, -0.05) is 18.5 Å². The molecule has 1 N–H and O–H groups in total. The predicted molar refractivity (Wildman–Crippen MR) is 92.4 cm³/mol. The number of alkyl halides is 6. The molecule has 2 aromatic rings. The second-order valence-corrected chi connectivity index (χ2v) is 6.31. The highest BCUT2D eigenvalue weighted by Gasteiger charge is 2.38. The maximum absolute atomic E-state index is 13.1. The molecule has 2 amide bonds. The first-order valence-electron chi connectivity index (χ1n) is 8.70. The first-order valence-corrected chi connectivity index (χ1v) is 8.70. The number of rotatable bonds is 7. The van der Waals surface area contributed by atoms with Gasteiger partial charge in [-0.05, 0) is 24.6 Å². The Morgan fingerprint density at radius 2 is 1.67 bits per heavy atom. The summed E-state index contributed by atoms with van der Waals surface area (Å²) in [5.74, 6) is -1.83. The summed E-state index contributed by atoms with van der Waals surface area (Å²) >= 11 is 0. The molecule has 0 radical (unpaired) electrons. The van der Waals surface area contributed by atoms with E-state index in [1.165, 1.54) is 12.3 Å². The van der Waals surface area contributed by atoms with Crippen LogP contribution in [0.2, 0.25) is 0 Å². The molecular formula is C18H17F6N3O3. The van der Waals surface area contributed by atoms with Crippen molar-refractivity contribution in [2.45, 2.75) is 32.1 Å². The molecule has 6 nitrogen and oxygen atoms in total. The summed E-state index contributed by atoms with van der Waals surface area (Å²) < 4.78 is 82.9. The largest absolute Gasteiger partial charge is 0.416 e. The number of carbonyl (C=O) groups excluding carboxylic acids is 2. The van der Waals surface area contributed by atoms with E-state index in [1.54, 1.807) is 6.92 Å². The fourth-order valence-electron chi connectivity index (χ4n) is 2.50. The van der Waals surface area contributed by atoms with Gasteiger partial charge in [0.2, 0.25) is 5.91 Å². The van der Waals surface area contributed by atoms with Crippen molar-refractivity contribution in [3.63, 3.8) is 0 Å². The van der Waals surface area contributed by atoms with Crippen molar-refractivity contribution in [2.24, 2.45) is 0 Å². The Balaban J connectivity index is 2.34. The number of hydrogen-bond donors (Lipinski definition) is 1. The Bertz CT molecular complexity index is 846. The second kappa shape index (κ2) is 9.18. The van der Waals surface area contributed by atoms with Gasteiger partial charge in [0, 0.05) is 18.2 Å². The van der Waals surface area contributed by atoms with Crippen molar-refractivity contribution < 1.29 is 40.5 Å². The van der Waals surface area contributed by atoms with Crippen LogP contribution in [0.3, 0.4) is 0 Å². The fourth-order valence-corrected chi connectivity index (χ4v) is 2.50. The monoisotopic (exact) mass is 437 g/mol.